The highest BCUT2D eigenvalue weighted by Crippen LogP contribution is 2.19. The van der Waals surface area contributed by atoms with Crippen molar-refractivity contribution < 1.29 is 14.3 Å². The molecule has 0 saturated heterocycles. The van der Waals surface area contributed by atoms with Gasteiger partial charge < -0.3 is 14.8 Å². The van der Waals surface area contributed by atoms with Crippen molar-refractivity contribution in [3.05, 3.63) is 66.4 Å². The van der Waals surface area contributed by atoms with Crippen molar-refractivity contribution in [3.63, 3.8) is 0 Å². The molecule has 27 heavy (non-hydrogen) atoms. The number of hydrogen-bond acceptors (Lipinski definition) is 4. The number of nitrogens with one attached hydrogen (secondary N) is 1. The van der Waals surface area contributed by atoms with Crippen LogP contribution in [0.5, 0.6) is 11.5 Å². The number of benzene rings is 2. The van der Waals surface area contributed by atoms with Crippen molar-refractivity contribution in [2.75, 3.05) is 19.8 Å². The Hall–Kier alpha value is -3.52. The third-order valence-electron chi connectivity index (χ3n) is 3.78. The summed E-state index contributed by atoms with van der Waals surface area (Å²) in [5.41, 5.74) is 1.38. The summed E-state index contributed by atoms with van der Waals surface area (Å²) in [4.78, 5) is 16.5. The third-order valence-corrected chi connectivity index (χ3v) is 3.78. The number of ether oxygens (including phenoxy) is 2. The molecule has 3 rings (SSSR count). The van der Waals surface area contributed by atoms with Gasteiger partial charge in [0.1, 0.15) is 18.1 Å². The molecule has 0 aliphatic carbocycles. The van der Waals surface area contributed by atoms with E-state index in [1.807, 2.05) is 43.3 Å². The molecule has 1 aromatic heterocycles. The van der Waals surface area contributed by atoms with E-state index in [9.17, 15) is 4.79 Å². The number of rotatable bonds is 6. The number of amides is 1. The summed E-state index contributed by atoms with van der Waals surface area (Å²) >= 11 is 0. The fraction of sp³-hybridized carbons (Fsp3) is 0.182. The summed E-state index contributed by atoms with van der Waals surface area (Å²) in [7, 11) is 0. The zero-order chi connectivity index (χ0) is 18.9. The summed E-state index contributed by atoms with van der Waals surface area (Å²) in [6, 6.07) is 16.8. The molecule has 0 unspecified atom stereocenters. The zero-order valence-corrected chi connectivity index (χ0v) is 15.1. The van der Waals surface area contributed by atoms with E-state index in [0.29, 0.717) is 23.7 Å². The van der Waals surface area contributed by atoms with Gasteiger partial charge in [-0.05, 0) is 37.3 Å². The molecule has 0 spiro atoms. The maximum atomic E-state index is 12.2. The van der Waals surface area contributed by atoms with Gasteiger partial charge in [0, 0.05) is 17.6 Å². The molecule has 0 bridgehead atoms. The van der Waals surface area contributed by atoms with Crippen LogP contribution in [0, 0.1) is 11.8 Å². The first kappa shape index (κ1) is 18.3. The summed E-state index contributed by atoms with van der Waals surface area (Å²) in [6.45, 7) is 2.86. The lowest BCUT2D eigenvalue weighted by Gasteiger charge is -2.08. The molecule has 1 amide bonds. The zero-order valence-electron chi connectivity index (χ0n) is 15.1. The Morgan fingerprint density at radius 1 is 1.07 bits per heavy atom. The van der Waals surface area contributed by atoms with Crippen molar-refractivity contribution in [3.8, 4) is 23.3 Å². The monoisotopic (exact) mass is 360 g/mol. The first-order valence-corrected chi connectivity index (χ1v) is 8.71. The van der Waals surface area contributed by atoms with E-state index < -0.39 is 0 Å². The lowest BCUT2D eigenvalue weighted by atomic mass is 10.2. The molecule has 0 aliphatic heterocycles. The molecule has 5 nitrogen and oxygen atoms in total. The SMILES string of the molecule is CCOc1ccccc1C(=O)NCC#CCOc1ccc2cccnc2c1. The highest BCUT2D eigenvalue weighted by molar-refractivity contribution is 5.97. The van der Waals surface area contributed by atoms with E-state index in [1.54, 1.807) is 24.4 Å². The smallest absolute Gasteiger partial charge is 0.255 e. The van der Waals surface area contributed by atoms with Crippen LogP contribution in [0.2, 0.25) is 0 Å². The van der Waals surface area contributed by atoms with Crippen LogP contribution >= 0.6 is 0 Å². The van der Waals surface area contributed by atoms with E-state index >= 15 is 0 Å². The van der Waals surface area contributed by atoms with Gasteiger partial charge in [0.25, 0.3) is 5.91 Å². The van der Waals surface area contributed by atoms with Gasteiger partial charge in [-0.1, -0.05) is 30.0 Å². The number of carbonyl (C=O) groups is 1. The summed E-state index contributed by atoms with van der Waals surface area (Å²) in [6.07, 6.45) is 1.75. The average Bonchev–Trinajstić information content (AvgIpc) is 2.71. The number of carbonyl (C=O) groups excluding carboxylic acids is 1. The van der Waals surface area contributed by atoms with Gasteiger partial charge in [0.15, 0.2) is 0 Å². The van der Waals surface area contributed by atoms with Crippen molar-refractivity contribution in [1.29, 1.82) is 0 Å². The fourth-order valence-electron chi connectivity index (χ4n) is 2.52. The second-order valence-corrected chi connectivity index (χ2v) is 5.61. The lowest BCUT2D eigenvalue weighted by Crippen LogP contribution is -2.24. The number of pyridine rings is 1. The standard InChI is InChI=1S/C22H20N2O3/c1-2-26-21-10-4-3-9-19(21)22(25)24-13-5-6-15-27-18-12-11-17-8-7-14-23-20(17)16-18/h3-4,7-12,14,16H,2,13,15H2,1H3,(H,24,25). The Bertz CT molecular complexity index is 989. The molecule has 0 radical (unpaired) electrons. The van der Waals surface area contributed by atoms with E-state index in [1.165, 1.54) is 0 Å². The Morgan fingerprint density at radius 3 is 2.85 bits per heavy atom. The van der Waals surface area contributed by atoms with Gasteiger partial charge in [-0.2, -0.15) is 0 Å². The van der Waals surface area contributed by atoms with Crippen LogP contribution in [0.4, 0.5) is 0 Å². The molecule has 0 atom stereocenters. The maximum Gasteiger partial charge on any atom is 0.255 e. The molecule has 3 aromatic rings. The van der Waals surface area contributed by atoms with Crippen LogP contribution in [-0.4, -0.2) is 30.6 Å². The largest absolute Gasteiger partial charge is 0.493 e. The Labute approximate surface area is 158 Å². The third kappa shape index (κ3) is 4.99. The van der Waals surface area contributed by atoms with E-state index in [0.717, 1.165) is 10.9 Å². The van der Waals surface area contributed by atoms with Crippen LogP contribution in [-0.2, 0) is 0 Å². The van der Waals surface area contributed by atoms with Gasteiger partial charge in [0.2, 0.25) is 0 Å². The first-order valence-electron chi connectivity index (χ1n) is 8.71. The maximum absolute atomic E-state index is 12.2. The summed E-state index contributed by atoms with van der Waals surface area (Å²) in [5, 5.41) is 3.82. The van der Waals surface area contributed by atoms with Crippen LogP contribution in [0.3, 0.4) is 0 Å². The molecule has 1 N–H and O–H groups in total. The van der Waals surface area contributed by atoms with Gasteiger partial charge in [-0.3, -0.25) is 9.78 Å². The topological polar surface area (TPSA) is 60.5 Å². The van der Waals surface area contributed by atoms with Gasteiger partial charge in [-0.25, -0.2) is 0 Å². The fourth-order valence-corrected chi connectivity index (χ4v) is 2.52. The van der Waals surface area contributed by atoms with Crippen molar-refractivity contribution in [2.24, 2.45) is 0 Å². The summed E-state index contributed by atoms with van der Waals surface area (Å²) < 4.78 is 11.1. The first-order chi connectivity index (χ1) is 13.3. The van der Waals surface area contributed by atoms with Crippen molar-refractivity contribution in [2.45, 2.75) is 6.92 Å². The highest BCUT2D eigenvalue weighted by Gasteiger charge is 2.10. The van der Waals surface area contributed by atoms with Gasteiger partial charge >= 0.3 is 0 Å². The van der Waals surface area contributed by atoms with Crippen molar-refractivity contribution in [1.82, 2.24) is 10.3 Å². The van der Waals surface area contributed by atoms with Gasteiger partial charge in [-0.15, -0.1) is 0 Å². The molecular weight excluding hydrogens is 340 g/mol. The Morgan fingerprint density at radius 2 is 1.96 bits per heavy atom. The number of nitrogens with zero attached hydrogens (tertiary/aromatic N) is 1. The molecule has 0 aliphatic rings. The van der Waals surface area contributed by atoms with Crippen molar-refractivity contribution >= 4 is 16.8 Å². The summed E-state index contributed by atoms with van der Waals surface area (Å²) in [5.74, 6) is 6.84. The lowest BCUT2D eigenvalue weighted by molar-refractivity contribution is 0.0955. The minimum Gasteiger partial charge on any atom is -0.493 e. The second-order valence-electron chi connectivity index (χ2n) is 5.61. The predicted octanol–water partition coefficient (Wildman–Crippen LogP) is 3.45. The second kappa shape index (κ2) is 9.25. The Kier molecular flexibility index (Phi) is 6.26. The number of fused-ring (bicyclic) bond motifs is 1. The average molecular weight is 360 g/mol. The van der Waals surface area contributed by atoms with Crippen LogP contribution in [0.25, 0.3) is 10.9 Å². The number of para-hydroxylation sites is 1. The Balaban J connectivity index is 1.48. The molecule has 5 heteroatoms. The van der Waals surface area contributed by atoms with E-state index in [4.69, 9.17) is 9.47 Å². The molecule has 1 heterocycles. The molecular formula is C22H20N2O3. The molecule has 2 aromatic carbocycles. The molecule has 136 valence electrons. The minimum atomic E-state index is -0.213. The quantitative estimate of drug-likeness (QED) is 0.684. The van der Waals surface area contributed by atoms with E-state index in [-0.39, 0.29) is 19.1 Å². The number of aromatic nitrogens is 1. The number of hydrogen-bond donors (Lipinski definition) is 1. The molecule has 0 saturated carbocycles. The van der Waals surface area contributed by atoms with Crippen LogP contribution in [0.15, 0.2) is 60.8 Å². The minimum absolute atomic E-state index is 0.213. The normalized spacial score (nSPS) is 9.96. The van der Waals surface area contributed by atoms with Crippen LogP contribution in [0.1, 0.15) is 17.3 Å². The molecule has 0 fully saturated rings. The van der Waals surface area contributed by atoms with E-state index in [2.05, 4.69) is 22.1 Å². The predicted molar refractivity (Wildman–Crippen MR) is 105 cm³/mol. The van der Waals surface area contributed by atoms with Gasteiger partial charge in [0.05, 0.1) is 24.2 Å². The highest BCUT2D eigenvalue weighted by atomic mass is 16.5. The van der Waals surface area contributed by atoms with Crippen LogP contribution < -0.4 is 14.8 Å².